The summed E-state index contributed by atoms with van der Waals surface area (Å²) in [6.07, 6.45) is -8.65. The lowest BCUT2D eigenvalue weighted by Gasteiger charge is -2.16. The number of aliphatic carboxylic acids is 1. The van der Waals surface area contributed by atoms with E-state index in [1.807, 2.05) is 0 Å². The Kier molecular flexibility index (Phi) is 4.82. The van der Waals surface area contributed by atoms with Gasteiger partial charge in [0.25, 0.3) is 6.43 Å². The van der Waals surface area contributed by atoms with Crippen LogP contribution in [0.1, 0.15) is 23.1 Å². The van der Waals surface area contributed by atoms with E-state index in [4.69, 9.17) is 10.8 Å². The lowest BCUT2D eigenvalue weighted by molar-refractivity contribution is -0.276. The summed E-state index contributed by atoms with van der Waals surface area (Å²) >= 11 is 0. The minimum atomic E-state index is -5.09. The number of rotatable bonds is 5. The van der Waals surface area contributed by atoms with E-state index in [0.29, 0.717) is 6.20 Å². The summed E-state index contributed by atoms with van der Waals surface area (Å²) in [6, 6.07) is 0. The van der Waals surface area contributed by atoms with Gasteiger partial charge in [-0.15, -0.1) is 13.2 Å². The fraction of sp³-hybridized carbons (Fsp3) is 0.400. The van der Waals surface area contributed by atoms with Gasteiger partial charge in [-0.05, 0) is 5.56 Å². The lowest BCUT2D eigenvalue weighted by atomic mass is 10.0. The Hall–Kier alpha value is -1.97. The van der Waals surface area contributed by atoms with Crippen LogP contribution in [-0.2, 0) is 17.8 Å². The average molecular weight is 300 g/mol. The first kappa shape index (κ1) is 16.1. The van der Waals surface area contributed by atoms with Crippen LogP contribution in [0.3, 0.4) is 0 Å². The van der Waals surface area contributed by atoms with E-state index in [-0.39, 0.29) is 0 Å². The molecule has 0 fully saturated rings. The maximum absolute atomic E-state index is 12.7. The summed E-state index contributed by atoms with van der Waals surface area (Å²) in [5, 5.41) is 8.65. The Morgan fingerprint density at radius 2 is 2.00 bits per heavy atom. The maximum Gasteiger partial charge on any atom is 0.574 e. The number of pyridine rings is 1. The number of carbonyl (C=O) groups is 1. The van der Waals surface area contributed by atoms with Crippen molar-refractivity contribution in [2.45, 2.75) is 25.8 Å². The molecule has 0 bridgehead atoms. The van der Waals surface area contributed by atoms with Gasteiger partial charge in [-0.1, -0.05) is 0 Å². The second-order valence-corrected chi connectivity index (χ2v) is 3.60. The van der Waals surface area contributed by atoms with E-state index in [1.165, 1.54) is 0 Å². The monoisotopic (exact) mass is 300 g/mol. The minimum absolute atomic E-state index is 0.448. The Labute approximate surface area is 109 Å². The molecule has 0 spiro atoms. The quantitative estimate of drug-likeness (QED) is 0.812. The molecular formula is C10H9F5N2O3. The van der Waals surface area contributed by atoms with Gasteiger partial charge in [0.05, 0.1) is 6.42 Å². The van der Waals surface area contributed by atoms with Crippen LogP contribution in [0.2, 0.25) is 0 Å². The van der Waals surface area contributed by atoms with Gasteiger partial charge in [0.1, 0.15) is 0 Å². The molecule has 10 heteroatoms. The Balaban J connectivity index is 3.39. The zero-order chi connectivity index (χ0) is 15.5. The molecule has 0 saturated heterocycles. The molecule has 1 heterocycles. The highest BCUT2D eigenvalue weighted by Gasteiger charge is 2.34. The number of ether oxygens (including phenoxy) is 1. The van der Waals surface area contributed by atoms with Crippen LogP contribution in [0, 0.1) is 0 Å². The number of alkyl halides is 5. The van der Waals surface area contributed by atoms with Crippen molar-refractivity contribution in [3.8, 4) is 5.88 Å². The predicted molar refractivity (Wildman–Crippen MR) is 55.1 cm³/mol. The van der Waals surface area contributed by atoms with Gasteiger partial charge in [-0.2, -0.15) is 0 Å². The summed E-state index contributed by atoms with van der Waals surface area (Å²) < 4.78 is 65.4. The second kappa shape index (κ2) is 5.99. The summed E-state index contributed by atoms with van der Waals surface area (Å²) in [4.78, 5) is 13.8. The third kappa shape index (κ3) is 4.02. The topological polar surface area (TPSA) is 85.4 Å². The standard InChI is InChI=1S/C10H9F5N2O3/c11-8(12)6-3-17-9(20-10(13,14)15)5(2-16)4(6)1-7(18)19/h3,8H,1-2,16H2,(H,18,19). The van der Waals surface area contributed by atoms with Crippen molar-refractivity contribution < 1.29 is 36.6 Å². The van der Waals surface area contributed by atoms with Crippen LogP contribution in [0.5, 0.6) is 5.88 Å². The van der Waals surface area contributed by atoms with E-state index in [9.17, 15) is 26.7 Å². The Bertz CT molecular complexity index is 504. The molecule has 0 atom stereocenters. The van der Waals surface area contributed by atoms with E-state index in [2.05, 4.69) is 9.72 Å². The molecule has 0 amide bonds. The van der Waals surface area contributed by atoms with Crippen molar-refractivity contribution in [2.24, 2.45) is 5.73 Å². The molecule has 0 aromatic carbocycles. The highest BCUT2D eigenvalue weighted by molar-refractivity contribution is 5.71. The summed E-state index contributed by atoms with van der Waals surface area (Å²) in [7, 11) is 0. The number of halogens is 5. The summed E-state index contributed by atoms with van der Waals surface area (Å²) in [5.74, 6) is -2.52. The maximum atomic E-state index is 12.7. The Morgan fingerprint density at radius 3 is 2.40 bits per heavy atom. The molecule has 1 aromatic heterocycles. The molecule has 112 valence electrons. The van der Waals surface area contributed by atoms with Crippen molar-refractivity contribution in [3.63, 3.8) is 0 Å². The number of carboxylic acid groups (broad SMARTS) is 1. The lowest BCUT2D eigenvalue weighted by Crippen LogP contribution is -2.21. The third-order valence-corrected chi connectivity index (χ3v) is 2.27. The zero-order valence-corrected chi connectivity index (χ0v) is 9.75. The highest BCUT2D eigenvalue weighted by Crippen LogP contribution is 2.32. The number of hydrogen-bond acceptors (Lipinski definition) is 4. The predicted octanol–water partition coefficient (Wildman–Crippen LogP) is 2.00. The number of hydrogen-bond donors (Lipinski definition) is 2. The van der Waals surface area contributed by atoms with Gasteiger partial charge >= 0.3 is 12.3 Å². The van der Waals surface area contributed by atoms with Crippen molar-refractivity contribution in [1.82, 2.24) is 4.98 Å². The molecule has 0 saturated carbocycles. The van der Waals surface area contributed by atoms with E-state index < -0.39 is 54.3 Å². The molecule has 1 aromatic rings. The first-order valence-corrected chi connectivity index (χ1v) is 5.12. The van der Waals surface area contributed by atoms with Gasteiger partial charge in [0, 0.05) is 23.9 Å². The molecule has 3 N–H and O–H groups in total. The van der Waals surface area contributed by atoms with E-state index in [0.717, 1.165) is 0 Å². The van der Waals surface area contributed by atoms with Gasteiger partial charge < -0.3 is 15.6 Å². The normalized spacial score (nSPS) is 11.8. The summed E-state index contributed by atoms with van der Waals surface area (Å²) in [5.41, 5.74) is 3.37. The van der Waals surface area contributed by atoms with Gasteiger partial charge in [0.15, 0.2) is 0 Å². The smallest absolute Gasteiger partial charge is 0.481 e. The minimum Gasteiger partial charge on any atom is -0.481 e. The summed E-state index contributed by atoms with van der Waals surface area (Å²) in [6.45, 7) is -0.623. The molecule has 0 aliphatic carbocycles. The van der Waals surface area contributed by atoms with Crippen molar-refractivity contribution >= 4 is 5.97 Å². The van der Waals surface area contributed by atoms with Crippen LogP contribution in [0.4, 0.5) is 22.0 Å². The number of aromatic nitrogens is 1. The first-order valence-electron chi connectivity index (χ1n) is 5.12. The SMILES string of the molecule is NCc1c(OC(F)(F)F)ncc(C(F)F)c1CC(=O)O. The zero-order valence-electron chi connectivity index (χ0n) is 9.75. The number of carboxylic acids is 1. The van der Waals surface area contributed by atoms with Gasteiger partial charge in [0.2, 0.25) is 5.88 Å². The van der Waals surface area contributed by atoms with E-state index in [1.54, 1.807) is 0 Å². The van der Waals surface area contributed by atoms with Crippen LogP contribution in [0.25, 0.3) is 0 Å². The molecule has 1 rings (SSSR count). The van der Waals surface area contributed by atoms with E-state index >= 15 is 0 Å². The van der Waals surface area contributed by atoms with Crippen LogP contribution >= 0.6 is 0 Å². The molecule has 0 aliphatic rings. The van der Waals surface area contributed by atoms with Crippen molar-refractivity contribution in [2.75, 3.05) is 0 Å². The van der Waals surface area contributed by atoms with Gasteiger partial charge in [-0.3, -0.25) is 4.79 Å². The van der Waals surface area contributed by atoms with Crippen LogP contribution < -0.4 is 10.5 Å². The third-order valence-electron chi connectivity index (χ3n) is 2.27. The highest BCUT2D eigenvalue weighted by atomic mass is 19.4. The Morgan fingerprint density at radius 1 is 1.40 bits per heavy atom. The molecular weight excluding hydrogens is 291 g/mol. The van der Waals surface area contributed by atoms with Crippen molar-refractivity contribution in [3.05, 3.63) is 22.9 Å². The second-order valence-electron chi connectivity index (χ2n) is 3.60. The van der Waals surface area contributed by atoms with Crippen LogP contribution in [-0.4, -0.2) is 22.4 Å². The largest absolute Gasteiger partial charge is 0.574 e. The number of nitrogens with zero attached hydrogens (tertiary/aromatic N) is 1. The van der Waals surface area contributed by atoms with Crippen LogP contribution in [0.15, 0.2) is 6.20 Å². The molecule has 0 aliphatic heterocycles. The van der Waals surface area contributed by atoms with Gasteiger partial charge in [-0.25, -0.2) is 13.8 Å². The average Bonchev–Trinajstić information content (AvgIpc) is 2.25. The fourth-order valence-electron chi connectivity index (χ4n) is 1.54. The molecule has 0 unspecified atom stereocenters. The number of nitrogens with two attached hydrogens (primary N) is 1. The molecule has 5 nitrogen and oxygen atoms in total. The first-order chi connectivity index (χ1) is 9.15. The fourth-order valence-corrected chi connectivity index (χ4v) is 1.54. The molecule has 0 radical (unpaired) electrons. The molecule has 20 heavy (non-hydrogen) atoms. The van der Waals surface area contributed by atoms with Crippen molar-refractivity contribution in [1.29, 1.82) is 0 Å².